The molecular formula is C18H15N7O3. The summed E-state index contributed by atoms with van der Waals surface area (Å²) in [7, 11) is 0. The molecule has 2 aromatic heterocycles. The summed E-state index contributed by atoms with van der Waals surface area (Å²) in [5.74, 6) is 5.63. The van der Waals surface area contributed by atoms with Crippen LogP contribution in [-0.2, 0) is 6.54 Å². The summed E-state index contributed by atoms with van der Waals surface area (Å²) in [5.41, 5.74) is 2.08. The standard InChI is InChI=1S/C18H15N7O3/c19-23-14(12-7-6-11(26)8-13(12)27)15-16(20-9-10-4-2-1-3-5-10)22-18-17(21-15)24-28-25-18/h1-8,26-27H,9,19H2,(H,20,22,25)/b23-14+. The predicted molar refractivity (Wildman–Crippen MR) is 101 cm³/mol. The fourth-order valence-corrected chi connectivity index (χ4v) is 2.69. The highest BCUT2D eigenvalue weighted by molar-refractivity contribution is 6.16. The van der Waals surface area contributed by atoms with Crippen LogP contribution in [0.1, 0.15) is 16.8 Å². The van der Waals surface area contributed by atoms with Crippen LogP contribution in [0.3, 0.4) is 0 Å². The molecule has 10 heteroatoms. The first-order valence-electron chi connectivity index (χ1n) is 8.24. The molecule has 0 bridgehead atoms. The van der Waals surface area contributed by atoms with Gasteiger partial charge < -0.3 is 21.4 Å². The second kappa shape index (κ2) is 7.19. The quantitative estimate of drug-likeness (QED) is 0.231. The van der Waals surface area contributed by atoms with E-state index in [0.29, 0.717) is 12.4 Å². The Labute approximate surface area is 158 Å². The van der Waals surface area contributed by atoms with Gasteiger partial charge in [0, 0.05) is 18.2 Å². The molecule has 0 aliphatic carbocycles. The number of nitrogens with zero attached hydrogens (tertiary/aromatic N) is 5. The van der Waals surface area contributed by atoms with E-state index < -0.39 is 0 Å². The molecule has 2 aromatic carbocycles. The van der Waals surface area contributed by atoms with Crippen molar-refractivity contribution in [2.24, 2.45) is 10.9 Å². The maximum absolute atomic E-state index is 10.2. The molecule has 140 valence electrons. The van der Waals surface area contributed by atoms with Crippen molar-refractivity contribution >= 4 is 22.8 Å². The topological polar surface area (TPSA) is 156 Å². The number of aromatic nitrogens is 4. The molecule has 0 fully saturated rings. The molecule has 0 radical (unpaired) electrons. The number of phenolic OH excluding ortho intramolecular Hbond substituents is 2. The molecule has 4 aromatic rings. The van der Waals surface area contributed by atoms with Crippen molar-refractivity contribution in [3.8, 4) is 11.5 Å². The lowest BCUT2D eigenvalue weighted by molar-refractivity contribution is 0.314. The van der Waals surface area contributed by atoms with E-state index in [0.717, 1.165) is 5.56 Å². The lowest BCUT2D eigenvalue weighted by atomic mass is 10.1. The van der Waals surface area contributed by atoms with Crippen LogP contribution >= 0.6 is 0 Å². The molecular weight excluding hydrogens is 362 g/mol. The summed E-state index contributed by atoms with van der Waals surface area (Å²) in [6.45, 7) is 0.457. The Bertz CT molecular complexity index is 1160. The van der Waals surface area contributed by atoms with Crippen molar-refractivity contribution in [3.05, 3.63) is 65.4 Å². The number of hydrazone groups is 1. The van der Waals surface area contributed by atoms with E-state index in [9.17, 15) is 10.2 Å². The zero-order valence-corrected chi connectivity index (χ0v) is 14.4. The van der Waals surface area contributed by atoms with Gasteiger partial charge in [-0.25, -0.2) is 14.6 Å². The highest BCUT2D eigenvalue weighted by Gasteiger charge is 2.21. The number of aromatic hydroxyl groups is 2. The number of nitrogens with two attached hydrogens (primary N) is 1. The molecule has 28 heavy (non-hydrogen) atoms. The second-order valence-electron chi connectivity index (χ2n) is 5.85. The molecule has 0 saturated carbocycles. The Kier molecular flexibility index (Phi) is 4.42. The lowest BCUT2D eigenvalue weighted by Crippen LogP contribution is -2.15. The summed E-state index contributed by atoms with van der Waals surface area (Å²) < 4.78 is 4.69. The minimum Gasteiger partial charge on any atom is -0.508 e. The van der Waals surface area contributed by atoms with Crippen molar-refractivity contribution in [2.75, 3.05) is 5.32 Å². The summed E-state index contributed by atoms with van der Waals surface area (Å²) in [4.78, 5) is 8.77. The molecule has 0 unspecified atom stereocenters. The number of hydrogen-bond acceptors (Lipinski definition) is 10. The van der Waals surface area contributed by atoms with Crippen LogP contribution in [0.25, 0.3) is 11.3 Å². The van der Waals surface area contributed by atoms with E-state index in [-0.39, 0.29) is 39.8 Å². The van der Waals surface area contributed by atoms with E-state index in [1.165, 1.54) is 18.2 Å². The van der Waals surface area contributed by atoms with Crippen molar-refractivity contribution < 1.29 is 14.8 Å². The largest absolute Gasteiger partial charge is 0.508 e. The molecule has 4 rings (SSSR count). The van der Waals surface area contributed by atoms with Crippen molar-refractivity contribution in [3.63, 3.8) is 0 Å². The summed E-state index contributed by atoms with van der Waals surface area (Å²) in [5, 5.41) is 34.1. The third-order valence-electron chi connectivity index (χ3n) is 4.01. The molecule has 0 saturated heterocycles. The highest BCUT2D eigenvalue weighted by Crippen LogP contribution is 2.27. The zero-order chi connectivity index (χ0) is 19.5. The monoisotopic (exact) mass is 377 g/mol. The molecule has 0 atom stereocenters. The number of benzene rings is 2. The summed E-state index contributed by atoms with van der Waals surface area (Å²) >= 11 is 0. The van der Waals surface area contributed by atoms with Gasteiger partial charge in [0.15, 0.2) is 5.82 Å². The third-order valence-corrected chi connectivity index (χ3v) is 4.01. The van der Waals surface area contributed by atoms with E-state index in [4.69, 9.17) is 5.84 Å². The minimum absolute atomic E-state index is 0.0951. The number of anilines is 1. The maximum atomic E-state index is 10.2. The molecule has 0 spiro atoms. The zero-order valence-electron chi connectivity index (χ0n) is 14.4. The highest BCUT2D eigenvalue weighted by atomic mass is 16.6. The van der Waals surface area contributed by atoms with Gasteiger partial charge in [-0.2, -0.15) is 5.10 Å². The van der Waals surface area contributed by atoms with E-state index in [1.807, 2.05) is 30.3 Å². The van der Waals surface area contributed by atoms with Gasteiger partial charge in [-0.1, -0.05) is 30.3 Å². The van der Waals surface area contributed by atoms with Gasteiger partial charge in [0.05, 0.1) is 0 Å². The van der Waals surface area contributed by atoms with Crippen LogP contribution in [0.15, 0.2) is 58.3 Å². The molecule has 0 aliphatic heterocycles. The molecule has 5 N–H and O–H groups in total. The van der Waals surface area contributed by atoms with Crippen molar-refractivity contribution in [1.82, 2.24) is 20.3 Å². The predicted octanol–water partition coefficient (Wildman–Crippen LogP) is 1.75. The van der Waals surface area contributed by atoms with Gasteiger partial charge in [0.2, 0.25) is 11.3 Å². The van der Waals surface area contributed by atoms with Crippen LogP contribution in [0.2, 0.25) is 0 Å². The van der Waals surface area contributed by atoms with Crippen molar-refractivity contribution in [2.45, 2.75) is 6.54 Å². The van der Waals surface area contributed by atoms with E-state index in [1.54, 1.807) is 0 Å². The minimum atomic E-state index is -0.210. The normalized spacial score (nSPS) is 11.6. The molecule has 0 aliphatic rings. The second-order valence-corrected chi connectivity index (χ2v) is 5.85. The average Bonchev–Trinajstić information content (AvgIpc) is 3.16. The van der Waals surface area contributed by atoms with E-state index in [2.05, 4.69) is 35.3 Å². The van der Waals surface area contributed by atoms with Gasteiger partial charge in [0.1, 0.15) is 22.9 Å². The smallest absolute Gasteiger partial charge is 0.245 e. The average molecular weight is 377 g/mol. The Morgan fingerprint density at radius 3 is 2.50 bits per heavy atom. The van der Waals surface area contributed by atoms with Crippen LogP contribution in [0.4, 0.5) is 5.82 Å². The fourth-order valence-electron chi connectivity index (χ4n) is 2.69. The van der Waals surface area contributed by atoms with Crippen LogP contribution < -0.4 is 11.2 Å². The van der Waals surface area contributed by atoms with Gasteiger partial charge in [0.25, 0.3) is 0 Å². The number of phenols is 2. The molecule has 2 heterocycles. The van der Waals surface area contributed by atoms with E-state index >= 15 is 0 Å². The van der Waals surface area contributed by atoms with Gasteiger partial charge in [-0.3, -0.25) is 0 Å². The first kappa shape index (κ1) is 17.2. The molecule has 0 amide bonds. The van der Waals surface area contributed by atoms with Gasteiger partial charge >= 0.3 is 0 Å². The van der Waals surface area contributed by atoms with Crippen LogP contribution in [0, 0.1) is 0 Å². The van der Waals surface area contributed by atoms with Crippen LogP contribution in [0.5, 0.6) is 11.5 Å². The summed E-state index contributed by atoms with van der Waals surface area (Å²) in [6, 6.07) is 13.8. The number of rotatable bonds is 5. The first-order chi connectivity index (χ1) is 13.7. The summed E-state index contributed by atoms with van der Waals surface area (Å²) in [6.07, 6.45) is 0. The third kappa shape index (κ3) is 3.26. The van der Waals surface area contributed by atoms with Crippen LogP contribution in [-0.4, -0.2) is 36.2 Å². The fraction of sp³-hybridized carbons (Fsp3) is 0.0556. The Morgan fingerprint density at radius 2 is 1.79 bits per heavy atom. The SMILES string of the molecule is N/N=C(\c1ccc(O)cc1O)c1nc2nonc2nc1NCc1ccccc1. The molecule has 10 nitrogen and oxygen atoms in total. The van der Waals surface area contributed by atoms with Crippen molar-refractivity contribution in [1.29, 1.82) is 0 Å². The maximum Gasteiger partial charge on any atom is 0.245 e. The van der Waals surface area contributed by atoms with Gasteiger partial charge in [-0.05, 0) is 28.0 Å². The number of fused-ring (bicyclic) bond motifs is 1. The first-order valence-corrected chi connectivity index (χ1v) is 8.24. The Morgan fingerprint density at radius 1 is 1.04 bits per heavy atom. The number of hydrogen-bond donors (Lipinski definition) is 4. The van der Waals surface area contributed by atoms with Gasteiger partial charge in [-0.15, -0.1) is 0 Å². The lowest BCUT2D eigenvalue weighted by Gasteiger charge is -2.12. The Balaban J connectivity index is 1.79. The Hall–Kier alpha value is -4.21. The number of nitrogens with one attached hydrogen (secondary N) is 1.